The van der Waals surface area contributed by atoms with Crippen LogP contribution in [0.4, 0.5) is 10.1 Å². The fourth-order valence-electron chi connectivity index (χ4n) is 2.03. The van der Waals surface area contributed by atoms with E-state index in [0.29, 0.717) is 17.7 Å². The minimum atomic E-state index is -0.329. The van der Waals surface area contributed by atoms with Gasteiger partial charge in [0.2, 0.25) is 5.91 Å². The first-order valence-corrected chi connectivity index (χ1v) is 5.00. The predicted octanol–water partition coefficient (Wildman–Crippen LogP) is 1.73. The van der Waals surface area contributed by atoms with Gasteiger partial charge in [0.05, 0.1) is 5.92 Å². The van der Waals surface area contributed by atoms with Crippen LogP contribution in [0.3, 0.4) is 0 Å². The van der Waals surface area contributed by atoms with Crippen molar-refractivity contribution in [3.05, 3.63) is 29.1 Å². The highest BCUT2D eigenvalue weighted by atomic mass is 19.1. The van der Waals surface area contributed by atoms with Crippen molar-refractivity contribution in [3.63, 3.8) is 0 Å². The van der Waals surface area contributed by atoms with E-state index in [1.54, 1.807) is 0 Å². The number of halogens is 1. The first kappa shape index (κ1) is 10.1. The van der Waals surface area contributed by atoms with Crippen LogP contribution in [0.25, 0.3) is 0 Å². The molecular weight excluding hydrogens is 195 g/mol. The van der Waals surface area contributed by atoms with Crippen LogP contribution in [0.5, 0.6) is 0 Å². The Balaban J connectivity index is 2.57. The van der Waals surface area contributed by atoms with E-state index in [1.165, 1.54) is 12.1 Å². The van der Waals surface area contributed by atoms with Gasteiger partial charge < -0.3 is 11.1 Å². The van der Waals surface area contributed by atoms with Crippen molar-refractivity contribution < 1.29 is 9.18 Å². The first-order chi connectivity index (χ1) is 7.17. The molecule has 0 bridgehead atoms. The number of hydrogen-bond acceptors (Lipinski definition) is 2. The van der Waals surface area contributed by atoms with Crippen LogP contribution < -0.4 is 11.1 Å². The SMILES string of the molecule is CCC1C(=O)Nc2c(CN)cc(F)cc21. The Bertz CT molecular complexity index is 417. The van der Waals surface area contributed by atoms with Gasteiger partial charge in [-0.1, -0.05) is 6.92 Å². The third-order valence-corrected chi connectivity index (χ3v) is 2.78. The summed E-state index contributed by atoms with van der Waals surface area (Å²) in [6.07, 6.45) is 0.673. The number of rotatable bonds is 2. The van der Waals surface area contributed by atoms with Crippen molar-refractivity contribution >= 4 is 11.6 Å². The highest BCUT2D eigenvalue weighted by Crippen LogP contribution is 2.37. The Hall–Kier alpha value is -1.42. The van der Waals surface area contributed by atoms with Crippen LogP contribution in [-0.4, -0.2) is 5.91 Å². The predicted molar refractivity (Wildman–Crippen MR) is 56.0 cm³/mol. The second-order valence-electron chi connectivity index (χ2n) is 3.68. The fourth-order valence-corrected chi connectivity index (χ4v) is 2.03. The van der Waals surface area contributed by atoms with E-state index < -0.39 is 0 Å². The third kappa shape index (κ3) is 1.51. The van der Waals surface area contributed by atoms with Gasteiger partial charge in [-0.2, -0.15) is 0 Å². The van der Waals surface area contributed by atoms with Gasteiger partial charge in [0.1, 0.15) is 5.82 Å². The molecule has 0 aliphatic carbocycles. The molecule has 4 heteroatoms. The monoisotopic (exact) mass is 208 g/mol. The van der Waals surface area contributed by atoms with Gasteiger partial charge in [0.25, 0.3) is 0 Å². The maximum absolute atomic E-state index is 13.3. The largest absolute Gasteiger partial charge is 0.326 e. The molecule has 15 heavy (non-hydrogen) atoms. The normalized spacial score (nSPS) is 18.9. The Labute approximate surface area is 87.5 Å². The minimum Gasteiger partial charge on any atom is -0.326 e. The van der Waals surface area contributed by atoms with E-state index in [0.717, 1.165) is 5.56 Å². The highest BCUT2D eigenvalue weighted by molar-refractivity contribution is 6.03. The molecule has 80 valence electrons. The van der Waals surface area contributed by atoms with E-state index in [9.17, 15) is 9.18 Å². The summed E-state index contributed by atoms with van der Waals surface area (Å²) in [7, 11) is 0. The molecule has 1 amide bonds. The summed E-state index contributed by atoms with van der Waals surface area (Å²) in [6, 6.07) is 2.79. The average Bonchev–Trinajstić information content (AvgIpc) is 2.52. The topological polar surface area (TPSA) is 55.1 Å². The Kier molecular flexibility index (Phi) is 2.44. The standard InChI is InChI=1S/C11H13FN2O/c1-2-8-9-4-7(12)3-6(5-13)10(9)14-11(8)15/h3-4,8H,2,5,13H2,1H3,(H,14,15). The minimum absolute atomic E-state index is 0.0622. The molecular formula is C11H13FN2O. The van der Waals surface area contributed by atoms with Gasteiger partial charge in [0, 0.05) is 12.2 Å². The number of benzene rings is 1. The molecule has 1 aromatic carbocycles. The fraction of sp³-hybridized carbons (Fsp3) is 0.364. The van der Waals surface area contributed by atoms with E-state index in [-0.39, 0.29) is 24.2 Å². The number of nitrogens with one attached hydrogen (secondary N) is 1. The molecule has 0 aromatic heterocycles. The number of nitrogens with two attached hydrogens (primary N) is 1. The van der Waals surface area contributed by atoms with Gasteiger partial charge in [-0.15, -0.1) is 0 Å². The quantitative estimate of drug-likeness (QED) is 0.777. The molecule has 0 radical (unpaired) electrons. The summed E-state index contributed by atoms with van der Waals surface area (Å²) in [5, 5.41) is 2.76. The second-order valence-corrected chi connectivity index (χ2v) is 3.68. The van der Waals surface area contributed by atoms with E-state index in [4.69, 9.17) is 5.73 Å². The van der Waals surface area contributed by atoms with Crippen molar-refractivity contribution in [2.45, 2.75) is 25.8 Å². The lowest BCUT2D eigenvalue weighted by Gasteiger charge is -2.07. The van der Waals surface area contributed by atoms with Crippen LogP contribution >= 0.6 is 0 Å². The lowest BCUT2D eigenvalue weighted by atomic mass is 9.96. The van der Waals surface area contributed by atoms with Gasteiger partial charge >= 0.3 is 0 Å². The van der Waals surface area contributed by atoms with Crippen LogP contribution in [0.2, 0.25) is 0 Å². The van der Waals surface area contributed by atoms with Gasteiger partial charge in [-0.05, 0) is 29.7 Å². The van der Waals surface area contributed by atoms with Crippen molar-refractivity contribution in [3.8, 4) is 0 Å². The molecule has 1 aliphatic heterocycles. The lowest BCUT2D eigenvalue weighted by molar-refractivity contribution is -0.117. The lowest BCUT2D eigenvalue weighted by Crippen LogP contribution is -2.11. The summed E-state index contributed by atoms with van der Waals surface area (Å²) in [5.74, 6) is -0.627. The molecule has 0 saturated carbocycles. The Morgan fingerprint density at radius 2 is 2.27 bits per heavy atom. The number of hydrogen-bond donors (Lipinski definition) is 2. The molecule has 0 spiro atoms. The zero-order valence-electron chi connectivity index (χ0n) is 8.51. The van der Waals surface area contributed by atoms with Gasteiger partial charge in [-0.3, -0.25) is 4.79 Å². The molecule has 1 atom stereocenters. The number of anilines is 1. The summed E-state index contributed by atoms with van der Waals surface area (Å²) in [4.78, 5) is 11.6. The number of amides is 1. The number of fused-ring (bicyclic) bond motifs is 1. The van der Waals surface area contributed by atoms with Crippen LogP contribution in [-0.2, 0) is 11.3 Å². The second kappa shape index (κ2) is 3.62. The Morgan fingerprint density at radius 1 is 1.53 bits per heavy atom. The number of carbonyl (C=O) groups excluding carboxylic acids is 1. The first-order valence-electron chi connectivity index (χ1n) is 5.00. The molecule has 0 saturated heterocycles. The molecule has 1 heterocycles. The van der Waals surface area contributed by atoms with E-state index >= 15 is 0 Å². The van der Waals surface area contributed by atoms with Gasteiger partial charge in [0.15, 0.2) is 0 Å². The Morgan fingerprint density at radius 3 is 2.87 bits per heavy atom. The van der Waals surface area contributed by atoms with Crippen molar-refractivity contribution in [1.82, 2.24) is 0 Å². The molecule has 1 unspecified atom stereocenters. The molecule has 0 fully saturated rings. The van der Waals surface area contributed by atoms with E-state index in [2.05, 4.69) is 5.32 Å². The highest BCUT2D eigenvalue weighted by Gasteiger charge is 2.30. The number of carbonyl (C=O) groups is 1. The van der Waals surface area contributed by atoms with E-state index in [1.807, 2.05) is 6.92 Å². The smallest absolute Gasteiger partial charge is 0.232 e. The zero-order chi connectivity index (χ0) is 11.0. The van der Waals surface area contributed by atoms with Crippen LogP contribution in [0, 0.1) is 5.82 Å². The average molecular weight is 208 g/mol. The molecule has 3 nitrogen and oxygen atoms in total. The summed E-state index contributed by atoms with van der Waals surface area (Å²) < 4.78 is 13.3. The van der Waals surface area contributed by atoms with Crippen molar-refractivity contribution in [1.29, 1.82) is 0 Å². The summed E-state index contributed by atoms with van der Waals surface area (Å²) in [6.45, 7) is 2.14. The van der Waals surface area contributed by atoms with Crippen LogP contribution in [0.15, 0.2) is 12.1 Å². The van der Waals surface area contributed by atoms with Gasteiger partial charge in [-0.25, -0.2) is 4.39 Å². The maximum atomic E-state index is 13.3. The zero-order valence-corrected chi connectivity index (χ0v) is 8.51. The summed E-state index contributed by atoms with van der Waals surface area (Å²) in [5.41, 5.74) is 7.61. The molecule has 1 aromatic rings. The molecule has 1 aliphatic rings. The summed E-state index contributed by atoms with van der Waals surface area (Å²) >= 11 is 0. The van der Waals surface area contributed by atoms with Crippen LogP contribution in [0.1, 0.15) is 30.4 Å². The molecule has 2 rings (SSSR count). The van der Waals surface area contributed by atoms with Crippen molar-refractivity contribution in [2.24, 2.45) is 5.73 Å². The van der Waals surface area contributed by atoms with Crippen molar-refractivity contribution in [2.75, 3.05) is 5.32 Å². The maximum Gasteiger partial charge on any atom is 0.232 e. The third-order valence-electron chi connectivity index (χ3n) is 2.78. The molecule has 3 N–H and O–H groups in total.